The number of piperidine rings is 1. The molecule has 1 fully saturated rings. The highest BCUT2D eigenvalue weighted by molar-refractivity contribution is 5.19. The fourth-order valence-electron chi connectivity index (χ4n) is 2.02. The van der Waals surface area contributed by atoms with Gasteiger partial charge in [-0.15, -0.1) is 0 Å². The number of aromatic nitrogens is 1. The van der Waals surface area contributed by atoms with Crippen LogP contribution in [-0.2, 0) is 6.42 Å². The summed E-state index contributed by atoms with van der Waals surface area (Å²) in [4.78, 5) is 4.44. The number of hydrogen-bond donors (Lipinski definition) is 1. The largest absolute Gasteiger partial charge is 0.316 e. The van der Waals surface area contributed by atoms with Crippen LogP contribution in [0.5, 0.6) is 0 Å². The first-order valence-corrected chi connectivity index (χ1v) is 5.55. The Bertz CT molecular complexity index is 273. The van der Waals surface area contributed by atoms with E-state index >= 15 is 0 Å². The number of rotatable bonds is 2. The number of nitrogens with one attached hydrogen (secondary N) is 1. The van der Waals surface area contributed by atoms with E-state index in [1.807, 2.05) is 0 Å². The molecule has 2 heterocycles. The summed E-state index contributed by atoms with van der Waals surface area (Å²) in [5, 5.41) is 3.43. The van der Waals surface area contributed by atoms with Gasteiger partial charge in [0.15, 0.2) is 0 Å². The Labute approximate surface area is 85.7 Å². The molecule has 1 aliphatic rings. The molecule has 1 aromatic rings. The highest BCUT2D eigenvalue weighted by Crippen LogP contribution is 2.22. The Morgan fingerprint density at radius 2 is 2.43 bits per heavy atom. The summed E-state index contributed by atoms with van der Waals surface area (Å²) < 4.78 is 0. The molecule has 0 saturated carbocycles. The van der Waals surface area contributed by atoms with Crippen molar-refractivity contribution in [3.63, 3.8) is 0 Å². The van der Waals surface area contributed by atoms with Gasteiger partial charge in [0.05, 0.1) is 0 Å². The fraction of sp³-hybridized carbons (Fsp3) is 0.583. The van der Waals surface area contributed by atoms with Gasteiger partial charge in [0.25, 0.3) is 0 Å². The van der Waals surface area contributed by atoms with E-state index < -0.39 is 0 Å². The molecule has 1 unspecified atom stereocenters. The molecule has 14 heavy (non-hydrogen) atoms. The lowest BCUT2D eigenvalue weighted by Gasteiger charge is -2.22. The van der Waals surface area contributed by atoms with Crippen molar-refractivity contribution in [3.8, 4) is 0 Å². The monoisotopic (exact) mass is 190 g/mol. The van der Waals surface area contributed by atoms with E-state index in [0.29, 0.717) is 5.92 Å². The van der Waals surface area contributed by atoms with Crippen molar-refractivity contribution in [3.05, 3.63) is 29.6 Å². The summed E-state index contributed by atoms with van der Waals surface area (Å²) in [6.45, 7) is 4.44. The Kier molecular flexibility index (Phi) is 3.14. The van der Waals surface area contributed by atoms with Crippen LogP contribution in [0, 0.1) is 0 Å². The minimum atomic E-state index is 0.683. The van der Waals surface area contributed by atoms with Crippen molar-refractivity contribution < 1.29 is 0 Å². The van der Waals surface area contributed by atoms with E-state index in [9.17, 15) is 0 Å². The van der Waals surface area contributed by atoms with E-state index in [-0.39, 0.29) is 0 Å². The van der Waals surface area contributed by atoms with Crippen LogP contribution in [0.25, 0.3) is 0 Å². The van der Waals surface area contributed by atoms with Gasteiger partial charge in [-0.2, -0.15) is 0 Å². The molecule has 0 bridgehead atoms. The lowest BCUT2D eigenvalue weighted by molar-refractivity contribution is 0.461. The van der Waals surface area contributed by atoms with E-state index in [1.165, 1.54) is 30.6 Å². The summed E-state index contributed by atoms with van der Waals surface area (Å²) >= 11 is 0. The Balaban J connectivity index is 2.07. The van der Waals surface area contributed by atoms with Crippen LogP contribution >= 0.6 is 0 Å². The molecule has 76 valence electrons. The van der Waals surface area contributed by atoms with E-state index in [2.05, 4.69) is 35.6 Å². The van der Waals surface area contributed by atoms with Gasteiger partial charge in [0, 0.05) is 18.4 Å². The number of hydrogen-bond acceptors (Lipinski definition) is 2. The third-order valence-electron chi connectivity index (χ3n) is 2.98. The average Bonchev–Trinajstić information content (AvgIpc) is 2.30. The third kappa shape index (κ3) is 2.13. The van der Waals surface area contributed by atoms with Gasteiger partial charge in [-0.25, -0.2) is 0 Å². The first-order chi connectivity index (χ1) is 6.90. The minimum absolute atomic E-state index is 0.683. The van der Waals surface area contributed by atoms with Crippen LogP contribution in [0.4, 0.5) is 0 Å². The molecular weight excluding hydrogens is 172 g/mol. The standard InChI is InChI=1S/C12H18N2/c1-2-12-6-5-11(9-14-12)10-4-3-7-13-8-10/h5-6,9-10,13H,2-4,7-8H2,1H3. The summed E-state index contributed by atoms with van der Waals surface area (Å²) in [5.41, 5.74) is 2.59. The van der Waals surface area contributed by atoms with Gasteiger partial charge in [-0.1, -0.05) is 13.0 Å². The van der Waals surface area contributed by atoms with Crippen LogP contribution in [-0.4, -0.2) is 18.1 Å². The van der Waals surface area contributed by atoms with E-state index in [1.54, 1.807) is 0 Å². The third-order valence-corrected chi connectivity index (χ3v) is 2.98. The zero-order chi connectivity index (χ0) is 9.80. The van der Waals surface area contributed by atoms with Gasteiger partial charge in [0.1, 0.15) is 0 Å². The van der Waals surface area contributed by atoms with Crippen molar-refractivity contribution >= 4 is 0 Å². The van der Waals surface area contributed by atoms with Crippen LogP contribution in [0.15, 0.2) is 18.3 Å². The molecule has 0 spiro atoms. The SMILES string of the molecule is CCc1ccc(C2CCCNC2)cn1. The van der Waals surface area contributed by atoms with E-state index in [0.717, 1.165) is 13.0 Å². The number of pyridine rings is 1. The molecule has 0 radical (unpaired) electrons. The molecule has 1 aromatic heterocycles. The molecule has 1 aliphatic heterocycles. The number of aryl methyl sites for hydroxylation is 1. The van der Waals surface area contributed by atoms with Crippen LogP contribution in [0.1, 0.15) is 36.9 Å². The zero-order valence-electron chi connectivity index (χ0n) is 8.79. The highest BCUT2D eigenvalue weighted by Gasteiger charge is 2.14. The number of nitrogens with zero attached hydrogens (tertiary/aromatic N) is 1. The maximum absolute atomic E-state index is 4.44. The topological polar surface area (TPSA) is 24.9 Å². The smallest absolute Gasteiger partial charge is 0.0401 e. The van der Waals surface area contributed by atoms with Crippen LogP contribution < -0.4 is 5.32 Å². The molecule has 0 amide bonds. The molecular formula is C12H18N2. The van der Waals surface area contributed by atoms with Crippen molar-refractivity contribution in [1.82, 2.24) is 10.3 Å². The van der Waals surface area contributed by atoms with Gasteiger partial charge in [-0.3, -0.25) is 4.98 Å². The van der Waals surface area contributed by atoms with Crippen LogP contribution in [0.2, 0.25) is 0 Å². The Hall–Kier alpha value is -0.890. The molecule has 1 saturated heterocycles. The maximum Gasteiger partial charge on any atom is 0.0401 e. The van der Waals surface area contributed by atoms with Gasteiger partial charge >= 0.3 is 0 Å². The molecule has 2 nitrogen and oxygen atoms in total. The lowest BCUT2D eigenvalue weighted by Crippen LogP contribution is -2.28. The van der Waals surface area contributed by atoms with Crippen molar-refractivity contribution in [1.29, 1.82) is 0 Å². The normalized spacial score (nSPS) is 22.2. The summed E-state index contributed by atoms with van der Waals surface area (Å²) in [6, 6.07) is 4.40. The second kappa shape index (κ2) is 4.56. The maximum atomic E-state index is 4.44. The molecule has 2 rings (SSSR count). The highest BCUT2D eigenvalue weighted by atomic mass is 14.9. The second-order valence-corrected chi connectivity index (χ2v) is 3.98. The van der Waals surface area contributed by atoms with Crippen molar-refractivity contribution in [2.24, 2.45) is 0 Å². The van der Waals surface area contributed by atoms with E-state index in [4.69, 9.17) is 0 Å². The molecule has 1 N–H and O–H groups in total. The quantitative estimate of drug-likeness (QED) is 0.772. The molecule has 0 aliphatic carbocycles. The first-order valence-electron chi connectivity index (χ1n) is 5.55. The summed E-state index contributed by atoms with van der Waals surface area (Å²) in [5.74, 6) is 0.683. The van der Waals surface area contributed by atoms with Gasteiger partial charge in [-0.05, 0) is 43.4 Å². The zero-order valence-corrected chi connectivity index (χ0v) is 8.79. The average molecular weight is 190 g/mol. The Morgan fingerprint density at radius 3 is 3.00 bits per heavy atom. The second-order valence-electron chi connectivity index (χ2n) is 3.98. The molecule has 0 aromatic carbocycles. The summed E-state index contributed by atoms with van der Waals surface area (Å²) in [6.07, 6.45) is 5.68. The van der Waals surface area contributed by atoms with Gasteiger partial charge < -0.3 is 5.32 Å². The first kappa shape index (κ1) is 9.66. The summed E-state index contributed by atoms with van der Waals surface area (Å²) in [7, 11) is 0. The minimum Gasteiger partial charge on any atom is -0.316 e. The van der Waals surface area contributed by atoms with Crippen molar-refractivity contribution in [2.45, 2.75) is 32.1 Å². The predicted octanol–water partition coefficient (Wildman–Crippen LogP) is 2.11. The molecule has 1 atom stereocenters. The van der Waals surface area contributed by atoms with Crippen molar-refractivity contribution in [2.75, 3.05) is 13.1 Å². The lowest BCUT2D eigenvalue weighted by atomic mass is 9.93. The van der Waals surface area contributed by atoms with Gasteiger partial charge in [0.2, 0.25) is 0 Å². The fourth-order valence-corrected chi connectivity index (χ4v) is 2.02. The Morgan fingerprint density at radius 1 is 1.50 bits per heavy atom. The molecule has 2 heteroatoms. The predicted molar refractivity (Wildman–Crippen MR) is 58.5 cm³/mol. The van der Waals surface area contributed by atoms with Crippen LogP contribution in [0.3, 0.4) is 0 Å².